The van der Waals surface area contributed by atoms with Crippen LogP contribution < -0.4 is 10.1 Å². The van der Waals surface area contributed by atoms with Crippen LogP contribution in [0.3, 0.4) is 0 Å². The highest BCUT2D eigenvalue weighted by atomic mass is 32.1. The topological polar surface area (TPSA) is 81.5 Å². The lowest BCUT2D eigenvalue weighted by molar-refractivity contribution is -0.385. The first-order valence-electron chi connectivity index (χ1n) is 7.64. The molecule has 1 amide bonds. The molecule has 0 aliphatic rings. The van der Waals surface area contributed by atoms with Gasteiger partial charge in [0.2, 0.25) is 0 Å². The molecule has 0 radical (unpaired) electrons. The Labute approximate surface area is 156 Å². The van der Waals surface area contributed by atoms with Crippen LogP contribution >= 0.6 is 11.3 Å². The van der Waals surface area contributed by atoms with E-state index < -0.39 is 22.5 Å². The predicted molar refractivity (Wildman–Crippen MR) is 96.1 cm³/mol. The fourth-order valence-corrected chi connectivity index (χ4v) is 3.02. The van der Waals surface area contributed by atoms with E-state index in [1.165, 1.54) is 24.3 Å². The molecule has 0 saturated heterocycles. The maximum Gasteiger partial charge on any atom is 0.310 e. The summed E-state index contributed by atoms with van der Waals surface area (Å²) >= 11 is 1.14. The van der Waals surface area contributed by atoms with Crippen molar-refractivity contribution in [1.29, 1.82) is 0 Å². The molecule has 0 fully saturated rings. The first-order valence-corrected chi connectivity index (χ1v) is 8.52. The number of nitrogens with zero attached hydrogens (tertiary/aromatic N) is 1. The van der Waals surface area contributed by atoms with Gasteiger partial charge in [0.1, 0.15) is 6.61 Å². The Morgan fingerprint density at radius 3 is 2.67 bits per heavy atom. The maximum atomic E-state index is 13.2. The molecule has 138 valence electrons. The summed E-state index contributed by atoms with van der Waals surface area (Å²) in [5, 5.41) is 15.1. The zero-order chi connectivity index (χ0) is 19.4. The number of para-hydroxylation sites is 2. The van der Waals surface area contributed by atoms with Crippen molar-refractivity contribution in [3.05, 3.63) is 86.1 Å². The molecule has 0 aliphatic carbocycles. The molecule has 6 nitrogen and oxygen atoms in total. The molecule has 0 aliphatic heterocycles. The first-order chi connectivity index (χ1) is 12.9. The van der Waals surface area contributed by atoms with Gasteiger partial charge in [0.25, 0.3) is 5.91 Å². The molecule has 27 heavy (non-hydrogen) atoms. The average Bonchev–Trinajstić information content (AvgIpc) is 3.12. The third-order valence-electron chi connectivity index (χ3n) is 3.51. The second-order valence-corrected chi connectivity index (χ2v) is 6.33. The number of carbonyl (C=O) groups is 1. The lowest BCUT2D eigenvalue weighted by atomic mass is 10.2. The van der Waals surface area contributed by atoms with Crippen LogP contribution in [-0.2, 0) is 6.61 Å². The van der Waals surface area contributed by atoms with E-state index in [-0.39, 0.29) is 23.7 Å². The van der Waals surface area contributed by atoms with E-state index >= 15 is 0 Å². The van der Waals surface area contributed by atoms with Crippen LogP contribution in [-0.4, -0.2) is 10.8 Å². The predicted octanol–water partition coefficient (Wildman–Crippen LogP) is 4.77. The van der Waals surface area contributed by atoms with Crippen LogP contribution in [0.15, 0.2) is 53.9 Å². The Bertz CT molecular complexity index is 1010. The number of hydrogen-bond acceptors (Lipinski definition) is 5. The number of carbonyl (C=O) groups excluding carboxylic acids is 1. The van der Waals surface area contributed by atoms with E-state index in [4.69, 9.17) is 4.74 Å². The second-order valence-electron chi connectivity index (χ2n) is 5.42. The molecule has 0 atom stereocenters. The molecule has 1 aromatic heterocycles. The summed E-state index contributed by atoms with van der Waals surface area (Å²) in [5.74, 6) is -2.42. The number of ether oxygens (including phenoxy) is 1. The van der Waals surface area contributed by atoms with Crippen LogP contribution in [0.2, 0.25) is 0 Å². The molecule has 0 bridgehead atoms. The molecule has 9 heteroatoms. The lowest BCUT2D eigenvalue weighted by Crippen LogP contribution is -2.10. The van der Waals surface area contributed by atoms with Crippen LogP contribution in [0.5, 0.6) is 5.75 Å². The summed E-state index contributed by atoms with van der Waals surface area (Å²) in [4.78, 5) is 23.0. The number of rotatable bonds is 6. The average molecular weight is 390 g/mol. The third-order valence-corrected chi connectivity index (χ3v) is 4.49. The largest absolute Gasteiger partial charge is 0.482 e. The molecule has 0 saturated carbocycles. The highest BCUT2D eigenvalue weighted by Crippen LogP contribution is 2.27. The number of thiophene rings is 1. The van der Waals surface area contributed by atoms with Crippen LogP contribution in [0.25, 0.3) is 0 Å². The van der Waals surface area contributed by atoms with Crippen LogP contribution in [0.1, 0.15) is 15.2 Å². The van der Waals surface area contributed by atoms with E-state index in [9.17, 15) is 23.7 Å². The van der Waals surface area contributed by atoms with Gasteiger partial charge in [-0.15, -0.1) is 11.3 Å². The minimum Gasteiger partial charge on any atom is -0.482 e. The maximum absolute atomic E-state index is 13.2. The van der Waals surface area contributed by atoms with E-state index in [0.29, 0.717) is 10.4 Å². The Morgan fingerprint density at radius 2 is 1.93 bits per heavy atom. The van der Waals surface area contributed by atoms with E-state index in [2.05, 4.69) is 5.32 Å². The Morgan fingerprint density at radius 1 is 1.15 bits per heavy atom. The molecule has 0 spiro atoms. The van der Waals surface area contributed by atoms with Gasteiger partial charge in [-0.3, -0.25) is 14.9 Å². The molecular formula is C18H12F2N2O4S. The van der Waals surface area contributed by atoms with Crippen LogP contribution in [0.4, 0.5) is 20.2 Å². The summed E-state index contributed by atoms with van der Waals surface area (Å²) in [6, 6.07) is 10.6. The lowest BCUT2D eigenvalue weighted by Gasteiger charge is -2.05. The number of benzene rings is 2. The van der Waals surface area contributed by atoms with Crippen LogP contribution in [0, 0.1) is 21.7 Å². The first kappa shape index (κ1) is 18.5. The molecule has 2 aromatic carbocycles. The highest BCUT2D eigenvalue weighted by molar-refractivity contribution is 7.12. The summed E-state index contributed by atoms with van der Waals surface area (Å²) < 4.78 is 31.6. The SMILES string of the molecule is O=C(Nc1ccc(F)c(F)c1)c1cc(COc2ccccc2[N+](=O)[O-])cs1. The summed E-state index contributed by atoms with van der Waals surface area (Å²) in [5.41, 5.74) is 0.627. The molecule has 3 aromatic rings. The number of halogens is 2. The fourth-order valence-electron chi connectivity index (χ4n) is 2.23. The Balaban J connectivity index is 1.65. The summed E-state index contributed by atoms with van der Waals surface area (Å²) in [7, 11) is 0. The third kappa shape index (κ3) is 4.45. The minimum absolute atomic E-state index is 0.0415. The molecule has 1 heterocycles. The van der Waals surface area contributed by atoms with Crippen molar-refractivity contribution in [1.82, 2.24) is 0 Å². The fraction of sp³-hybridized carbons (Fsp3) is 0.0556. The Kier molecular flexibility index (Phi) is 5.41. The number of nitro groups is 1. The summed E-state index contributed by atoms with van der Waals surface area (Å²) in [6.07, 6.45) is 0. The van der Waals surface area contributed by atoms with Crippen molar-refractivity contribution in [3.63, 3.8) is 0 Å². The molecule has 3 rings (SSSR count). The number of hydrogen-bond donors (Lipinski definition) is 1. The molecule has 1 N–H and O–H groups in total. The number of amides is 1. The summed E-state index contributed by atoms with van der Waals surface area (Å²) in [6.45, 7) is 0.0415. The van der Waals surface area contributed by atoms with E-state index in [1.807, 2.05) is 0 Å². The van der Waals surface area contributed by atoms with Crippen molar-refractivity contribution in [2.45, 2.75) is 6.61 Å². The molecule has 0 unspecified atom stereocenters. The van der Waals surface area contributed by atoms with Gasteiger partial charge in [0.05, 0.1) is 9.80 Å². The van der Waals surface area contributed by atoms with Gasteiger partial charge >= 0.3 is 5.69 Å². The van der Waals surface area contributed by atoms with Gasteiger partial charge in [-0.1, -0.05) is 12.1 Å². The van der Waals surface area contributed by atoms with Crippen molar-refractivity contribution >= 4 is 28.6 Å². The standard InChI is InChI=1S/C18H12F2N2O4S/c19-13-6-5-12(8-14(13)20)21-18(23)17-7-11(10-27-17)9-26-16-4-2-1-3-15(16)22(24)25/h1-8,10H,9H2,(H,21,23). The smallest absolute Gasteiger partial charge is 0.310 e. The van der Waals surface area contributed by atoms with E-state index in [0.717, 1.165) is 23.5 Å². The Hall–Kier alpha value is -3.33. The molecular weight excluding hydrogens is 378 g/mol. The minimum atomic E-state index is -1.06. The van der Waals surface area contributed by atoms with Crippen molar-refractivity contribution in [2.24, 2.45) is 0 Å². The number of nitro benzene ring substituents is 1. The zero-order valence-electron chi connectivity index (χ0n) is 13.6. The number of nitrogens with one attached hydrogen (secondary N) is 1. The van der Waals surface area contributed by atoms with Gasteiger partial charge < -0.3 is 10.1 Å². The quantitative estimate of drug-likeness (QED) is 0.486. The number of anilines is 1. The monoisotopic (exact) mass is 390 g/mol. The highest BCUT2D eigenvalue weighted by Gasteiger charge is 2.15. The van der Waals surface area contributed by atoms with Gasteiger partial charge in [-0.25, -0.2) is 8.78 Å². The normalized spacial score (nSPS) is 10.4. The zero-order valence-corrected chi connectivity index (χ0v) is 14.5. The van der Waals surface area contributed by atoms with Crippen molar-refractivity contribution in [3.8, 4) is 5.75 Å². The van der Waals surface area contributed by atoms with Gasteiger partial charge in [0, 0.05) is 23.4 Å². The van der Waals surface area contributed by atoms with Gasteiger partial charge in [0.15, 0.2) is 17.4 Å². The van der Waals surface area contributed by atoms with Crippen molar-refractivity contribution < 1.29 is 23.2 Å². The van der Waals surface area contributed by atoms with E-state index in [1.54, 1.807) is 17.5 Å². The van der Waals surface area contributed by atoms with Gasteiger partial charge in [-0.2, -0.15) is 0 Å². The van der Waals surface area contributed by atoms with Crippen molar-refractivity contribution in [2.75, 3.05) is 5.32 Å². The second kappa shape index (κ2) is 7.92. The van der Waals surface area contributed by atoms with Gasteiger partial charge in [-0.05, 0) is 29.6 Å².